The molecule has 3 aromatic rings. The molecule has 104 valence electrons. The molecule has 0 saturated heterocycles. The summed E-state index contributed by atoms with van der Waals surface area (Å²) in [5, 5.41) is 13.0. The molecule has 2 aromatic heterocycles. The third kappa shape index (κ3) is 2.51. The van der Waals surface area contributed by atoms with Crippen LogP contribution in [-0.4, -0.2) is 26.0 Å². The Bertz CT molecular complexity index is 828. The highest BCUT2D eigenvalue weighted by Crippen LogP contribution is 2.24. The highest BCUT2D eigenvalue weighted by Gasteiger charge is 2.09. The molecule has 0 radical (unpaired) electrons. The van der Waals surface area contributed by atoms with Gasteiger partial charge in [-0.3, -0.25) is 0 Å². The summed E-state index contributed by atoms with van der Waals surface area (Å²) in [5.41, 5.74) is 2.43. The van der Waals surface area contributed by atoms with E-state index >= 15 is 0 Å². The average molecular weight is 280 g/mol. The van der Waals surface area contributed by atoms with E-state index in [0.29, 0.717) is 17.2 Å². The fraction of sp³-hybridized carbons (Fsp3) is 0.0667. The van der Waals surface area contributed by atoms with Crippen molar-refractivity contribution in [3.8, 4) is 0 Å². The quantitative estimate of drug-likeness (QED) is 0.767. The summed E-state index contributed by atoms with van der Waals surface area (Å²) in [6.07, 6.45) is 3.09. The molecular weight excluding hydrogens is 268 g/mol. The SMILES string of the molecule is Cc1ccc(C(=O)O)cc1Nc1ncnc2ncccc12. The van der Waals surface area contributed by atoms with Crippen molar-refractivity contribution in [2.24, 2.45) is 0 Å². The molecule has 6 heteroatoms. The smallest absolute Gasteiger partial charge is 0.335 e. The number of carbonyl (C=O) groups is 1. The van der Waals surface area contributed by atoms with E-state index in [1.807, 2.05) is 13.0 Å². The number of hydrogen-bond donors (Lipinski definition) is 2. The van der Waals surface area contributed by atoms with E-state index in [9.17, 15) is 4.79 Å². The largest absolute Gasteiger partial charge is 0.478 e. The third-order valence-electron chi connectivity index (χ3n) is 3.15. The first-order valence-corrected chi connectivity index (χ1v) is 6.32. The Balaban J connectivity index is 2.06. The number of aryl methyl sites for hydroxylation is 1. The Morgan fingerprint density at radius 3 is 2.86 bits per heavy atom. The van der Waals surface area contributed by atoms with Crippen molar-refractivity contribution in [2.75, 3.05) is 5.32 Å². The number of carboxylic acid groups (broad SMARTS) is 1. The van der Waals surface area contributed by atoms with Gasteiger partial charge in [0.05, 0.1) is 10.9 Å². The second-order valence-corrected chi connectivity index (χ2v) is 4.56. The Morgan fingerprint density at radius 2 is 2.05 bits per heavy atom. The molecule has 0 saturated carbocycles. The van der Waals surface area contributed by atoms with Crippen LogP contribution in [0, 0.1) is 6.92 Å². The number of carboxylic acids is 1. The molecule has 0 aliphatic carbocycles. The van der Waals surface area contributed by atoms with E-state index in [4.69, 9.17) is 5.11 Å². The minimum absolute atomic E-state index is 0.222. The number of pyridine rings is 1. The van der Waals surface area contributed by atoms with Crippen LogP contribution in [0.15, 0.2) is 42.9 Å². The molecule has 0 spiro atoms. The van der Waals surface area contributed by atoms with Crippen LogP contribution < -0.4 is 5.32 Å². The van der Waals surface area contributed by atoms with Crippen LogP contribution in [-0.2, 0) is 0 Å². The lowest BCUT2D eigenvalue weighted by Gasteiger charge is -2.11. The van der Waals surface area contributed by atoms with Crippen molar-refractivity contribution in [3.05, 3.63) is 54.0 Å². The summed E-state index contributed by atoms with van der Waals surface area (Å²) < 4.78 is 0. The molecule has 2 heterocycles. The first-order valence-electron chi connectivity index (χ1n) is 6.32. The number of aromatic carboxylic acids is 1. The van der Waals surface area contributed by atoms with Crippen molar-refractivity contribution >= 4 is 28.5 Å². The zero-order valence-electron chi connectivity index (χ0n) is 11.2. The lowest BCUT2D eigenvalue weighted by atomic mass is 10.1. The number of nitrogens with one attached hydrogen (secondary N) is 1. The van der Waals surface area contributed by atoms with E-state index in [-0.39, 0.29) is 5.56 Å². The average Bonchev–Trinajstić information content (AvgIpc) is 2.49. The number of aromatic nitrogens is 3. The fourth-order valence-corrected chi connectivity index (χ4v) is 2.01. The van der Waals surface area contributed by atoms with Crippen LogP contribution in [0.3, 0.4) is 0 Å². The van der Waals surface area contributed by atoms with Gasteiger partial charge in [0, 0.05) is 11.9 Å². The lowest BCUT2D eigenvalue weighted by Crippen LogP contribution is -2.02. The molecule has 2 N–H and O–H groups in total. The second kappa shape index (κ2) is 5.16. The van der Waals surface area contributed by atoms with E-state index in [0.717, 1.165) is 10.9 Å². The van der Waals surface area contributed by atoms with Crippen LogP contribution in [0.25, 0.3) is 11.0 Å². The predicted molar refractivity (Wildman–Crippen MR) is 78.8 cm³/mol. The third-order valence-corrected chi connectivity index (χ3v) is 3.15. The van der Waals surface area contributed by atoms with Crippen LogP contribution >= 0.6 is 0 Å². The number of hydrogen-bond acceptors (Lipinski definition) is 5. The number of benzene rings is 1. The van der Waals surface area contributed by atoms with Gasteiger partial charge in [-0.05, 0) is 36.8 Å². The minimum atomic E-state index is -0.965. The Hall–Kier alpha value is -3.02. The summed E-state index contributed by atoms with van der Waals surface area (Å²) in [5.74, 6) is -0.369. The maximum Gasteiger partial charge on any atom is 0.335 e. The zero-order valence-corrected chi connectivity index (χ0v) is 11.2. The molecule has 0 unspecified atom stereocenters. The molecule has 0 bridgehead atoms. The van der Waals surface area contributed by atoms with Crippen molar-refractivity contribution < 1.29 is 9.90 Å². The number of rotatable bonds is 3. The molecule has 0 fully saturated rings. The normalized spacial score (nSPS) is 10.5. The fourth-order valence-electron chi connectivity index (χ4n) is 2.01. The molecule has 0 aliphatic heterocycles. The molecule has 0 atom stereocenters. The van der Waals surface area contributed by atoms with Crippen LogP contribution in [0.2, 0.25) is 0 Å². The van der Waals surface area contributed by atoms with Gasteiger partial charge in [-0.25, -0.2) is 19.7 Å². The highest BCUT2D eigenvalue weighted by atomic mass is 16.4. The topological polar surface area (TPSA) is 88.0 Å². The summed E-state index contributed by atoms with van der Waals surface area (Å²) in [4.78, 5) is 23.5. The molecule has 0 aliphatic rings. The number of anilines is 2. The number of fused-ring (bicyclic) bond motifs is 1. The zero-order chi connectivity index (χ0) is 14.8. The van der Waals surface area contributed by atoms with E-state index in [2.05, 4.69) is 20.3 Å². The van der Waals surface area contributed by atoms with Gasteiger partial charge < -0.3 is 10.4 Å². The van der Waals surface area contributed by atoms with Crippen LogP contribution in [0.4, 0.5) is 11.5 Å². The Morgan fingerprint density at radius 1 is 1.19 bits per heavy atom. The van der Waals surface area contributed by atoms with Gasteiger partial charge in [0.1, 0.15) is 12.1 Å². The van der Waals surface area contributed by atoms with E-state index < -0.39 is 5.97 Å². The maximum absolute atomic E-state index is 11.1. The van der Waals surface area contributed by atoms with E-state index in [1.165, 1.54) is 6.33 Å². The van der Waals surface area contributed by atoms with Crippen molar-refractivity contribution in [1.82, 2.24) is 15.0 Å². The minimum Gasteiger partial charge on any atom is -0.478 e. The predicted octanol–water partition coefficient (Wildman–Crippen LogP) is 2.78. The summed E-state index contributed by atoms with van der Waals surface area (Å²) in [7, 11) is 0. The monoisotopic (exact) mass is 280 g/mol. The summed E-state index contributed by atoms with van der Waals surface area (Å²) in [6.45, 7) is 1.90. The highest BCUT2D eigenvalue weighted by molar-refractivity contribution is 5.91. The van der Waals surface area contributed by atoms with Gasteiger partial charge in [-0.15, -0.1) is 0 Å². The molecule has 1 aromatic carbocycles. The summed E-state index contributed by atoms with van der Waals surface area (Å²) in [6, 6.07) is 8.58. The number of nitrogens with zero attached hydrogens (tertiary/aromatic N) is 3. The Kier molecular flexibility index (Phi) is 3.19. The van der Waals surface area contributed by atoms with E-state index in [1.54, 1.807) is 30.5 Å². The molecule has 6 nitrogen and oxygen atoms in total. The van der Waals surface area contributed by atoms with Crippen molar-refractivity contribution in [2.45, 2.75) is 6.92 Å². The van der Waals surface area contributed by atoms with Crippen molar-refractivity contribution in [3.63, 3.8) is 0 Å². The standard InChI is InChI=1S/C15H12N4O2/c1-9-4-5-10(15(20)21)7-12(9)19-14-11-3-2-6-16-13(11)17-8-18-14/h2-8H,1H3,(H,20,21)(H,16,17,18,19). The van der Waals surface area contributed by atoms with Gasteiger partial charge >= 0.3 is 5.97 Å². The van der Waals surface area contributed by atoms with Gasteiger partial charge in [-0.2, -0.15) is 0 Å². The first kappa shape index (κ1) is 13.0. The van der Waals surface area contributed by atoms with Crippen LogP contribution in [0.5, 0.6) is 0 Å². The maximum atomic E-state index is 11.1. The van der Waals surface area contributed by atoms with Gasteiger partial charge in [0.15, 0.2) is 5.65 Å². The first-order chi connectivity index (χ1) is 10.1. The Labute approximate surface area is 120 Å². The molecule has 0 amide bonds. The van der Waals surface area contributed by atoms with Gasteiger partial charge in [0.25, 0.3) is 0 Å². The van der Waals surface area contributed by atoms with Gasteiger partial charge in [0.2, 0.25) is 0 Å². The molecular formula is C15H12N4O2. The van der Waals surface area contributed by atoms with Crippen molar-refractivity contribution in [1.29, 1.82) is 0 Å². The summed E-state index contributed by atoms with van der Waals surface area (Å²) >= 11 is 0. The van der Waals surface area contributed by atoms with Gasteiger partial charge in [-0.1, -0.05) is 6.07 Å². The van der Waals surface area contributed by atoms with Crippen LogP contribution in [0.1, 0.15) is 15.9 Å². The second-order valence-electron chi connectivity index (χ2n) is 4.56. The molecule has 21 heavy (non-hydrogen) atoms. The lowest BCUT2D eigenvalue weighted by molar-refractivity contribution is 0.0697. The molecule has 3 rings (SSSR count).